The number of carboxylic acid groups (broad SMARTS) is 1. The van der Waals surface area contributed by atoms with Gasteiger partial charge in [0.05, 0.1) is 6.04 Å². The van der Waals surface area contributed by atoms with Crippen LogP contribution in [0, 0.1) is 0 Å². The molecule has 1 aromatic carbocycles. The summed E-state index contributed by atoms with van der Waals surface area (Å²) in [7, 11) is 0. The van der Waals surface area contributed by atoms with Gasteiger partial charge in [0.1, 0.15) is 6.04 Å². The average molecular weight is 332 g/mol. The first-order valence-corrected chi connectivity index (χ1v) is 8.32. The van der Waals surface area contributed by atoms with Gasteiger partial charge in [-0.2, -0.15) is 0 Å². The monoisotopic (exact) mass is 332 g/mol. The van der Waals surface area contributed by atoms with E-state index < -0.39 is 29.9 Å². The fourth-order valence-electron chi connectivity index (χ4n) is 3.09. The third kappa shape index (κ3) is 4.00. The fourth-order valence-corrected chi connectivity index (χ4v) is 3.09. The van der Waals surface area contributed by atoms with Crippen molar-refractivity contribution in [3.8, 4) is 0 Å². The maximum absolute atomic E-state index is 12.8. The molecule has 0 radical (unpaired) electrons. The first-order chi connectivity index (χ1) is 11.5. The first kappa shape index (κ1) is 18.1. The van der Waals surface area contributed by atoms with Crippen molar-refractivity contribution in [1.29, 1.82) is 0 Å². The highest BCUT2D eigenvalue weighted by molar-refractivity contribution is 6.00. The average Bonchev–Trinajstić information content (AvgIpc) is 2.57. The third-order valence-electron chi connectivity index (χ3n) is 4.38. The molecule has 1 heterocycles. The minimum atomic E-state index is -1.14. The van der Waals surface area contributed by atoms with E-state index in [1.165, 1.54) is 6.92 Å². The second-order valence-electron chi connectivity index (χ2n) is 6.13. The van der Waals surface area contributed by atoms with Crippen molar-refractivity contribution in [3.05, 3.63) is 35.4 Å². The largest absolute Gasteiger partial charge is 0.480 e. The molecule has 1 aliphatic rings. The number of imide groups is 1. The molecule has 2 N–H and O–H groups in total. The first-order valence-electron chi connectivity index (χ1n) is 8.32. The van der Waals surface area contributed by atoms with E-state index in [0.717, 1.165) is 22.4 Å². The van der Waals surface area contributed by atoms with E-state index in [9.17, 15) is 19.5 Å². The van der Waals surface area contributed by atoms with E-state index >= 15 is 0 Å². The second kappa shape index (κ2) is 8.06. The highest BCUT2D eigenvalue weighted by atomic mass is 16.4. The molecule has 1 aromatic rings. The van der Waals surface area contributed by atoms with Crippen LogP contribution in [0.3, 0.4) is 0 Å². The van der Waals surface area contributed by atoms with E-state index in [-0.39, 0.29) is 6.42 Å². The molecule has 2 rings (SSSR count). The molecule has 0 fully saturated rings. The molecule has 2 atom stereocenters. The van der Waals surface area contributed by atoms with Crippen LogP contribution < -0.4 is 5.32 Å². The number of aliphatic carboxylic acids is 1. The predicted octanol–water partition coefficient (Wildman–Crippen LogP) is 1.72. The number of unbranched alkanes of at least 4 members (excludes halogenated alkanes) is 1. The Morgan fingerprint density at radius 1 is 1.29 bits per heavy atom. The van der Waals surface area contributed by atoms with Crippen molar-refractivity contribution >= 4 is 17.8 Å². The van der Waals surface area contributed by atoms with Crippen molar-refractivity contribution in [2.45, 2.75) is 58.2 Å². The smallest absolute Gasteiger partial charge is 0.326 e. The summed E-state index contributed by atoms with van der Waals surface area (Å²) in [5.41, 5.74) is 2.18. The fraction of sp³-hybridized carbons (Fsp3) is 0.500. The topological polar surface area (TPSA) is 86.7 Å². The van der Waals surface area contributed by atoms with Gasteiger partial charge in [-0.1, -0.05) is 44.0 Å². The molecule has 0 spiro atoms. The number of nitrogens with zero attached hydrogens (tertiary/aromatic N) is 1. The molecular weight excluding hydrogens is 308 g/mol. The molecular formula is C18H24N2O4. The lowest BCUT2D eigenvalue weighted by Crippen LogP contribution is -2.56. The molecule has 0 unspecified atom stereocenters. The second-order valence-corrected chi connectivity index (χ2v) is 6.13. The van der Waals surface area contributed by atoms with Crippen LogP contribution in [-0.2, 0) is 27.3 Å². The van der Waals surface area contributed by atoms with E-state index in [4.69, 9.17) is 0 Å². The number of carbonyl (C=O) groups excluding carboxylic acids is 2. The normalized spacial score (nSPS) is 17.7. The molecule has 2 amide bonds. The van der Waals surface area contributed by atoms with Gasteiger partial charge in [0.2, 0.25) is 11.8 Å². The maximum atomic E-state index is 12.8. The minimum absolute atomic E-state index is 0.278. The van der Waals surface area contributed by atoms with E-state index in [1.54, 1.807) is 0 Å². The van der Waals surface area contributed by atoms with Gasteiger partial charge in [-0.25, -0.2) is 4.79 Å². The maximum Gasteiger partial charge on any atom is 0.326 e. The Bertz CT molecular complexity index is 629. The van der Waals surface area contributed by atoms with Crippen LogP contribution in [-0.4, -0.2) is 39.9 Å². The lowest BCUT2D eigenvalue weighted by Gasteiger charge is -2.32. The van der Waals surface area contributed by atoms with Crippen molar-refractivity contribution in [2.24, 2.45) is 0 Å². The summed E-state index contributed by atoms with van der Waals surface area (Å²) in [5, 5.41) is 12.6. The van der Waals surface area contributed by atoms with Crippen LogP contribution in [0.5, 0.6) is 0 Å². The highest BCUT2D eigenvalue weighted by Crippen LogP contribution is 2.19. The standard InChI is InChI=1S/C18H24N2O4/c1-3-4-9-16(18(23)24)20(12(2)21)17(22)15-10-13-7-5-6-8-14(13)11-19-15/h5-8,15-16,19H,3-4,9-11H2,1-2H3,(H,23,24)/t15-,16-/m0/s1. The van der Waals surface area contributed by atoms with Gasteiger partial charge in [0, 0.05) is 13.5 Å². The molecule has 0 aliphatic carbocycles. The number of carbonyl (C=O) groups is 3. The number of carboxylic acids is 1. The summed E-state index contributed by atoms with van der Waals surface area (Å²) >= 11 is 0. The van der Waals surface area contributed by atoms with Crippen LogP contribution in [0.15, 0.2) is 24.3 Å². The molecule has 130 valence electrons. The summed E-state index contributed by atoms with van der Waals surface area (Å²) in [6.07, 6.45) is 2.19. The highest BCUT2D eigenvalue weighted by Gasteiger charge is 2.37. The van der Waals surface area contributed by atoms with Gasteiger partial charge in [0.15, 0.2) is 0 Å². The quantitative estimate of drug-likeness (QED) is 0.828. The Hall–Kier alpha value is -2.21. The number of benzene rings is 1. The number of nitrogens with one attached hydrogen (secondary N) is 1. The van der Waals surface area contributed by atoms with E-state index in [2.05, 4.69) is 5.32 Å². The lowest BCUT2D eigenvalue weighted by atomic mass is 9.94. The Morgan fingerprint density at radius 3 is 2.54 bits per heavy atom. The van der Waals surface area contributed by atoms with Crippen molar-refractivity contribution < 1.29 is 19.5 Å². The Balaban J connectivity index is 2.20. The van der Waals surface area contributed by atoms with Crippen LogP contribution in [0.25, 0.3) is 0 Å². The van der Waals surface area contributed by atoms with Crippen LogP contribution in [0.1, 0.15) is 44.2 Å². The van der Waals surface area contributed by atoms with Gasteiger partial charge in [-0.15, -0.1) is 0 Å². The van der Waals surface area contributed by atoms with Crippen molar-refractivity contribution in [2.75, 3.05) is 0 Å². The molecule has 0 bridgehead atoms. The summed E-state index contributed by atoms with van der Waals surface area (Å²) in [6, 6.07) is 6.12. The molecule has 24 heavy (non-hydrogen) atoms. The van der Waals surface area contributed by atoms with Crippen molar-refractivity contribution in [3.63, 3.8) is 0 Å². The molecule has 0 aromatic heterocycles. The lowest BCUT2D eigenvalue weighted by molar-refractivity contribution is -0.158. The van der Waals surface area contributed by atoms with E-state index in [1.807, 2.05) is 31.2 Å². The Morgan fingerprint density at radius 2 is 1.96 bits per heavy atom. The number of rotatable bonds is 6. The van der Waals surface area contributed by atoms with Gasteiger partial charge >= 0.3 is 5.97 Å². The molecule has 6 nitrogen and oxygen atoms in total. The zero-order valence-electron chi connectivity index (χ0n) is 14.1. The zero-order chi connectivity index (χ0) is 17.7. The molecule has 6 heteroatoms. The molecule has 0 saturated carbocycles. The van der Waals surface area contributed by atoms with Gasteiger partial charge in [-0.05, 0) is 24.0 Å². The summed E-state index contributed by atoms with van der Waals surface area (Å²) in [6.45, 7) is 3.72. The van der Waals surface area contributed by atoms with Gasteiger partial charge in [0.25, 0.3) is 0 Å². The number of hydrogen-bond acceptors (Lipinski definition) is 4. The SMILES string of the molecule is CCCC[C@@H](C(=O)O)N(C(C)=O)C(=O)[C@@H]1Cc2ccccc2CN1. The van der Waals surface area contributed by atoms with E-state index in [0.29, 0.717) is 19.4 Å². The van der Waals surface area contributed by atoms with Crippen LogP contribution in [0.2, 0.25) is 0 Å². The Labute approximate surface area is 141 Å². The third-order valence-corrected chi connectivity index (χ3v) is 4.38. The minimum Gasteiger partial charge on any atom is -0.480 e. The number of amides is 2. The zero-order valence-corrected chi connectivity index (χ0v) is 14.1. The van der Waals surface area contributed by atoms with Crippen molar-refractivity contribution in [1.82, 2.24) is 10.2 Å². The predicted molar refractivity (Wildman–Crippen MR) is 89.2 cm³/mol. The number of fused-ring (bicyclic) bond motifs is 1. The molecule has 1 aliphatic heterocycles. The van der Waals surface area contributed by atoms with Gasteiger partial charge in [-0.3, -0.25) is 14.5 Å². The summed E-state index contributed by atoms with van der Waals surface area (Å²) in [5.74, 6) is -2.12. The summed E-state index contributed by atoms with van der Waals surface area (Å²) < 4.78 is 0. The van der Waals surface area contributed by atoms with Crippen LogP contribution in [0.4, 0.5) is 0 Å². The van der Waals surface area contributed by atoms with Gasteiger partial charge < -0.3 is 10.4 Å². The molecule has 0 saturated heterocycles. The summed E-state index contributed by atoms with van der Waals surface area (Å²) in [4.78, 5) is 37.3. The Kier molecular flexibility index (Phi) is 6.09. The number of hydrogen-bond donors (Lipinski definition) is 2. The van der Waals surface area contributed by atoms with Crippen LogP contribution >= 0.6 is 0 Å².